The second-order valence-corrected chi connectivity index (χ2v) is 4.56. The molecule has 1 aromatic rings. The van der Waals surface area contributed by atoms with Crippen LogP contribution in [0.15, 0.2) is 24.3 Å². The number of nitrogens with two attached hydrogens (primary N) is 1. The molecule has 5 heteroatoms. The molecule has 0 fully saturated rings. The number of hydrogen-bond acceptors (Lipinski definition) is 4. The molecule has 1 aromatic carbocycles. The summed E-state index contributed by atoms with van der Waals surface area (Å²) in [5.41, 5.74) is 7.80. The van der Waals surface area contributed by atoms with Crippen LogP contribution in [0.1, 0.15) is 23.6 Å². The number of ether oxygens (including phenoxy) is 1. The van der Waals surface area contributed by atoms with Gasteiger partial charge < -0.3 is 20.9 Å². The summed E-state index contributed by atoms with van der Waals surface area (Å²) < 4.78 is 4.99. The molecule has 1 amide bonds. The van der Waals surface area contributed by atoms with E-state index in [-0.39, 0.29) is 18.6 Å². The van der Waals surface area contributed by atoms with Gasteiger partial charge in [-0.1, -0.05) is 29.8 Å². The average molecular weight is 266 g/mol. The van der Waals surface area contributed by atoms with Crippen LogP contribution in [0.2, 0.25) is 0 Å². The lowest BCUT2D eigenvalue weighted by Crippen LogP contribution is -2.43. The van der Waals surface area contributed by atoms with Crippen molar-refractivity contribution in [2.24, 2.45) is 5.73 Å². The third kappa shape index (κ3) is 4.98. The Morgan fingerprint density at radius 3 is 2.58 bits per heavy atom. The molecule has 0 radical (unpaired) electrons. The number of nitrogens with one attached hydrogen (secondary N) is 1. The number of aryl methyl sites for hydroxylation is 1. The Morgan fingerprint density at radius 1 is 1.42 bits per heavy atom. The number of aliphatic hydroxyl groups excluding tert-OH is 1. The van der Waals surface area contributed by atoms with E-state index in [4.69, 9.17) is 15.6 Å². The fraction of sp³-hybridized carbons (Fsp3) is 0.500. The second-order valence-electron chi connectivity index (χ2n) is 4.56. The quantitative estimate of drug-likeness (QED) is 0.671. The minimum Gasteiger partial charge on any atom is -0.396 e. The molecule has 0 aromatic heterocycles. The van der Waals surface area contributed by atoms with Crippen LogP contribution in [0.4, 0.5) is 0 Å². The third-order valence-corrected chi connectivity index (χ3v) is 2.91. The molecule has 106 valence electrons. The van der Waals surface area contributed by atoms with Gasteiger partial charge in [-0.25, -0.2) is 0 Å². The topological polar surface area (TPSA) is 84.6 Å². The first-order valence-electron chi connectivity index (χ1n) is 6.30. The van der Waals surface area contributed by atoms with Gasteiger partial charge in [-0.05, 0) is 18.9 Å². The molecular weight excluding hydrogens is 244 g/mol. The molecule has 0 aliphatic rings. The first-order chi connectivity index (χ1) is 9.08. The number of carbonyl (C=O) groups is 1. The highest BCUT2D eigenvalue weighted by Gasteiger charge is 2.19. The number of carbonyl (C=O) groups excluding carboxylic acids is 1. The molecule has 2 atom stereocenters. The third-order valence-electron chi connectivity index (χ3n) is 2.91. The maximum atomic E-state index is 12.0. The molecule has 5 nitrogen and oxygen atoms in total. The van der Waals surface area contributed by atoms with E-state index in [0.29, 0.717) is 13.0 Å². The number of amides is 1. The van der Waals surface area contributed by atoms with Crippen molar-refractivity contribution < 1.29 is 14.6 Å². The molecule has 4 N–H and O–H groups in total. The number of hydrogen-bond donors (Lipinski definition) is 3. The highest BCUT2D eigenvalue weighted by atomic mass is 16.5. The Bertz CT molecular complexity index is 386. The monoisotopic (exact) mass is 266 g/mol. The van der Waals surface area contributed by atoms with E-state index in [1.54, 1.807) is 7.11 Å². The van der Waals surface area contributed by atoms with E-state index in [1.165, 1.54) is 0 Å². The molecule has 0 aliphatic heterocycles. The fourth-order valence-corrected chi connectivity index (χ4v) is 1.77. The largest absolute Gasteiger partial charge is 0.396 e. The summed E-state index contributed by atoms with van der Waals surface area (Å²) >= 11 is 0. The molecular formula is C14H22N2O3. The van der Waals surface area contributed by atoms with Gasteiger partial charge in [0.05, 0.1) is 12.6 Å². The smallest absolute Gasteiger partial charge is 0.241 e. The first kappa shape index (κ1) is 15.6. The van der Waals surface area contributed by atoms with Gasteiger partial charge in [-0.15, -0.1) is 0 Å². The zero-order valence-electron chi connectivity index (χ0n) is 11.4. The number of benzene rings is 1. The van der Waals surface area contributed by atoms with Gasteiger partial charge in [-0.3, -0.25) is 4.79 Å². The molecule has 0 saturated heterocycles. The minimum absolute atomic E-state index is 0.00588. The normalized spacial score (nSPS) is 13.9. The van der Waals surface area contributed by atoms with Crippen LogP contribution < -0.4 is 11.1 Å². The lowest BCUT2D eigenvalue weighted by atomic mass is 10.0. The van der Waals surface area contributed by atoms with Crippen molar-refractivity contribution in [1.29, 1.82) is 0 Å². The zero-order chi connectivity index (χ0) is 14.3. The summed E-state index contributed by atoms with van der Waals surface area (Å²) in [4.78, 5) is 12.0. The zero-order valence-corrected chi connectivity index (χ0v) is 11.4. The van der Waals surface area contributed by atoms with Crippen LogP contribution in [-0.2, 0) is 9.53 Å². The van der Waals surface area contributed by atoms with Crippen molar-refractivity contribution in [3.8, 4) is 0 Å². The highest BCUT2D eigenvalue weighted by molar-refractivity contribution is 5.83. The van der Waals surface area contributed by atoms with E-state index in [0.717, 1.165) is 11.1 Å². The van der Waals surface area contributed by atoms with Gasteiger partial charge in [0.1, 0.15) is 6.04 Å². The predicted octanol–water partition coefficient (Wildman–Crippen LogP) is 0.508. The Hall–Kier alpha value is -1.43. The number of rotatable bonds is 7. The molecule has 0 saturated carbocycles. The Labute approximate surface area is 113 Å². The van der Waals surface area contributed by atoms with Crippen LogP contribution in [0.25, 0.3) is 0 Å². The minimum atomic E-state index is -0.710. The van der Waals surface area contributed by atoms with Crippen molar-refractivity contribution in [2.75, 3.05) is 20.3 Å². The summed E-state index contributed by atoms with van der Waals surface area (Å²) in [7, 11) is 1.55. The fourth-order valence-electron chi connectivity index (χ4n) is 1.77. The van der Waals surface area contributed by atoms with Crippen molar-refractivity contribution >= 4 is 5.91 Å². The van der Waals surface area contributed by atoms with Gasteiger partial charge in [0.25, 0.3) is 0 Å². The van der Waals surface area contributed by atoms with Crippen molar-refractivity contribution in [3.63, 3.8) is 0 Å². The molecule has 0 bridgehead atoms. The average Bonchev–Trinajstić information content (AvgIpc) is 2.39. The summed E-state index contributed by atoms with van der Waals surface area (Å²) in [5, 5.41) is 11.7. The molecule has 1 rings (SSSR count). The molecule has 0 heterocycles. The number of methoxy groups -OCH3 is 1. The lowest BCUT2D eigenvalue weighted by Gasteiger charge is -2.20. The van der Waals surface area contributed by atoms with Gasteiger partial charge in [0.15, 0.2) is 0 Å². The van der Waals surface area contributed by atoms with Gasteiger partial charge in [0, 0.05) is 13.7 Å². The van der Waals surface area contributed by atoms with Crippen LogP contribution in [0.5, 0.6) is 0 Å². The summed E-state index contributed by atoms with van der Waals surface area (Å²) in [6, 6.07) is 6.59. The summed E-state index contributed by atoms with van der Waals surface area (Å²) in [6.07, 6.45) is 0.445. The van der Waals surface area contributed by atoms with Crippen molar-refractivity contribution in [2.45, 2.75) is 25.4 Å². The van der Waals surface area contributed by atoms with Crippen LogP contribution in [-0.4, -0.2) is 37.4 Å². The Kier molecular flexibility index (Phi) is 6.49. The Balaban J connectivity index is 2.62. The predicted molar refractivity (Wildman–Crippen MR) is 73.6 cm³/mol. The molecule has 0 aliphatic carbocycles. The highest BCUT2D eigenvalue weighted by Crippen LogP contribution is 2.12. The standard InChI is InChI=1S/C14H22N2O3/c1-10-3-5-11(6-4-10)13(15)14(18)16-12(7-8-17)9-19-2/h3-6,12-13,17H,7-9,15H2,1-2H3,(H,16,18). The maximum Gasteiger partial charge on any atom is 0.241 e. The Morgan fingerprint density at radius 2 is 2.05 bits per heavy atom. The van der Waals surface area contributed by atoms with E-state index < -0.39 is 6.04 Å². The van der Waals surface area contributed by atoms with Gasteiger partial charge in [-0.2, -0.15) is 0 Å². The van der Waals surface area contributed by atoms with Crippen LogP contribution >= 0.6 is 0 Å². The lowest BCUT2D eigenvalue weighted by molar-refractivity contribution is -0.123. The molecule has 0 spiro atoms. The second kappa shape index (κ2) is 7.89. The van der Waals surface area contributed by atoms with Crippen LogP contribution in [0.3, 0.4) is 0 Å². The summed E-state index contributed by atoms with van der Waals surface area (Å²) in [5.74, 6) is -0.264. The van der Waals surface area contributed by atoms with Gasteiger partial charge in [0.2, 0.25) is 5.91 Å². The van der Waals surface area contributed by atoms with Crippen molar-refractivity contribution in [1.82, 2.24) is 5.32 Å². The van der Waals surface area contributed by atoms with Crippen molar-refractivity contribution in [3.05, 3.63) is 35.4 Å². The van der Waals surface area contributed by atoms with E-state index >= 15 is 0 Å². The molecule has 19 heavy (non-hydrogen) atoms. The van der Waals surface area contributed by atoms with E-state index in [1.807, 2.05) is 31.2 Å². The van der Waals surface area contributed by atoms with E-state index in [9.17, 15) is 4.79 Å². The van der Waals surface area contributed by atoms with Crippen LogP contribution in [0, 0.1) is 6.92 Å². The first-order valence-corrected chi connectivity index (χ1v) is 6.30. The molecule has 2 unspecified atom stereocenters. The summed E-state index contributed by atoms with van der Waals surface area (Å²) in [6.45, 7) is 2.33. The number of aliphatic hydroxyl groups is 1. The van der Waals surface area contributed by atoms with E-state index in [2.05, 4.69) is 5.32 Å². The SMILES string of the molecule is COCC(CCO)NC(=O)C(N)c1ccc(C)cc1. The van der Waals surface area contributed by atoms with Gasteiger partial charge >= 0.3 is 0 Å². The maximum absolute atomic E-state index is 12.0.